The van der Waals surface area contributed by atoms with Crippen LogP contribution in [0.2, 0.25) is 0 Å². The van der Waals surface area contributed by atoms with E-state index in [0.717, 1.165) is 22.3 Å². The quantitative estimate of drug-likeness (QED) is 0.610. The minimum Gasteiger partial charge on any atom is -0.288 e. The molecule has 0 fully saturated rings. The molecule has 0 bridgehead atoms. The van der Waals surface area contributed by atoms with E-state index in [2.05, 4.69) is 20.8 Å². The van der Waals surface area contributed by atoms with Crippen LogP contribution in [0.25, 0.3) is 0 Å². The van der Waals surface area contributed by atoms with Gasteiger partial charge in [0.25, 0.3) is 5.91 Å². The maximum atomic E-state index is 13.1. The Morgan fingerprint density at radius 1 is 1.14 bits per heavy atom. The normalized spacial score (nSPS) is 15.2. The summed E-state index contributed by atoms with van der Waals surface area (Å²) in [6.45, 7) is 8.73. The highest BCUT2D eigenvalue weighted by Crippen LogP contribution is 2.29. The number of amides is 1. The van der Waals surface area contributed by atoms with Gasteiger partial charge in [-0.3, -0.25) is 10.0 Å². The molecule has 28 heavy (non-hydrogen) atoms. The SMILES string of the molecule is Cc1cc(C(=O)NO)cc2c1CN(S(=O)(=O)c1ccc(C(C)(C)C)cc1)CC2. The van der Waals surface area contributed by atoms with Crippen molar-refractivity contribution in [2.24, 2.45) is 0 Å². The number of benzene rings is 2. The van der Waals surface area contributed by atoms with Crippen LogP contribution in [-0.2, 0) is 28.4 Å². The number of rotatable bonds is 3. The number of nitrogens with one attached hydrogen (secondary N) is 1. The number of carbonyl (C=O) groups is 1. The van der Waals surface area contributed by atoms with E-state index in [9.17, 15) is 13.2 Å². The first-order chi connectivity index (χ1) is 13.0. The van der Waals surface area contributed by atoms with Crippen LogP contribution in [-0.4, -0.2) is 30.4 Å². The van der Waals surface area contributed by atoms with Gasteiger partial charge >= 0.3 is 0 Å². The molecular weight excluding hydrogens is 376 g/mol. The molecule has 6 nitrogen and oxygen atoms in total. The zero-order valence-electron chi connectivity index (χ0n) is 16.6. The van der Waals surface area contributed by atoms with Crippen LogP contribution >= 0.6 is 0 Å². The summed E-state index contributed by atoms with van der Waals surface area (Å²) in [4.78, 5) is 12.0. The van der Waals surface area contributed by atoms with Crippen LogP contribution in [0.4, 0.5) is 0 Å². The number of fused-ring (bicyclic) bond motifs is 1. The van der Waals surface area contributed by atoms with Crippen molar-refractivity contribution in [3.05, 3.63) is 64.2 Å². The van der Waals surface area contributed by atoms with Gasteiger partial charge in [0.2, 0.25) is 10.0 Å². The summed E-state index contributed by atoms with van der Waals surface area (Å²) in [5, 5.41) is 8.84. The second kappa shape index (κ2) is 7.31. The number of nitrogens with zero attached hydrogens (tertiary/aromatic N) is 1. The Morgan fingerprint density at radius 3 is 2.36 bits per heavy atom. The van der Waals surface area contributed by atoms with Crippen molar-refractivity contribution >= 4 is 15.9 Å². The molecule has 0 atom stereocenters. The molecule has 0 unspecified atom stereocenters. The Kier molecular flexibility index (Phi) is 5.36. The summed E-state index contributed by atoms with van der Waals surface area (Å²) >= 11 is 0. The molecule has 0 radical (unpaired) electrons. The molecule has 0 aromatic heterocycles. The van der Waals surface area contributed by atoms with Crippen molar-refractivity contribution in [2.45, 2.75) is 51.0 Å². The zero-order chi connectivity index (χ0) is 20.7. The van der Waals surface area contributed by atoms with Gasteiger partial charge in [-0.15, -0.1) is 0 Å². The minimum absolute atomic E-state index is 0.0396. The average molecular weight is 403 g/mol. The minimum atomic E-state index is -3.60. The Bertz CT molecular complexity index is 1010. The first-order valence-electron chi connectivity index (χ1n) is 9.21. The van der Waals surface area contributed by atoms with Gasteiger partial charge in [-0.1, -0.05) is 32.9 Å². The van der Waals surface area contributed by atoms with Gasteiger partial charge in [0, 0.05) is 18.7 Å². The topological polar surface area (TPSA) is 86.7 Å². The van der Waals surface area contributed by atoms with Crippen molar-refractivity contribution in [1.82, 2.24) is 9.79 Å². The molecule has 0 spiro atoms. The van der Waals surface area contributed by atoms with E-state index in [1.54, 1.807) is 29.7 Å². The standard InChI is InChI=1S/C21H26N2O4S/c1-14-11-16(20(24)22-25)12-15-9-10-23(13-19(14)15)28(26,27)18-7-5-17(6-8-18)21(2,3)4/h5-8,11-12,25H,9-10,13H2,1-4H3,(H,22,24). The largest absolute Gasteiger partial charge is 0.288 e. The third-order valence-corrected chi connectivity index (χ3v) is 7.11. The summed E-state index contributed by atoms with van der Waals surface area (Å²) in [5.41, 5.74) is 5.74. The van der Waals surface area contributed by atoms with Gasteiger partial charge in [0.15, 0.2) is 0 Å². The summed E-state index contributed by atoms with van der Waals surface area (Å²) < 4.78 is 27.7. The lowest BCUT2D eigenvalue weighted by Gasteiger charge is -2.30. The highest BCUT2D eigenvalue weighted by molar-refractivity contribution is 7.89. The number of sulfonamides is 1. The highest BCUT2D eigenvalue weighted by Gasteiger charge is 2.30. The Balaban J connectivity index is 1.89. The van der Waals surface area contributed by atoms with E-state index >= 15 is 0 Å². The fourth-order valence-corrected chi connectivity index (χ4v) is 4.93. The zero-order valence-corrected chi connectivity index (χ0v) is 17.4. The number of hydrogen-bond donors (Lipinski definition) is 2. The van der Waals surface area contributed by atoms with Crippen molar-refractivity contribution in [2.75, 3.05) is 6.54 Å². The second-order valence-corrected chi connectivity index (χ2v) is 10.2. The molecule has 1 amide bonds. The molecule has 7 heteroatoms. The van der Waals surface area contributed by atoms with Gasteiger partial charge < -0.3 is 0 Å². The molecule has 0 aliphatic carbocycles. The number of hydrogen-bond acceptors (Lipinski definition) is 4. The van der Waals surface area contributed by atoms with Crippen molar-refractivity contribution < 1.29 is 18.4 Å². The van der Waals surface area contributed by atoms with Crippen LogP contribution in [0.3, 0.4) is 0 Å². The van der Waals surface area contributed by atoms with E-state index in [0.29, 0.717) is 18.5 Å². The van der Waals surface area contributed by atoms with Crippen LogP contribution in [0.1, 0.15) is 53.4 Å². The third kappa shape index (κ3) is 3.83. The summed E-state index contributed by atoms with van der Waals surface area (Å²) in [5.74, 6) is -0.570. The Hall–Kier alpha value is -2.22. The lowest BCUT2D eigenvalue weighted by atomic mass is 9.87. The molecule has 2 aromatic carbocycles. The van der Waals surface area contributed by atoms with E-state index in [1.807, 2.05) is 19.1 Å². The fraction of sp³-hybridized carbons (Fsp3) is 0.381. The summed E-state index contributed by atoms with van der Waals surface area (Å²) in [6, 6.07) is 10.5. The van der Waals surface area contributed by atoms with Gasteiger partial charge in [-0.25, -0.2) is 13.9 Å². The van der Waals surface area contributed by atoms with E-state index in [1.165, 1.54) is 4.31 Å². The van der Waals surface area contributed by atoms with Crippen LogP contribution < -0.4 is 5.48 Å². The second-order valence-electron chi connectivity index (χ2n) is 8.23. The van der Waals surface area contributed by atoms with Gasteiger partial charge in [-0.2, -0.15) is 4.31 Å². The maximum absolute atomic E-state index is 13.1. The van der Waals surface area contributed by atoms with Crippen LogP contribution in [0, 0.1) is 6.92 Å². The highest BCUT2D eigenvalue weighted by atomic mass is 32.2. The molecule has 2 aromatic rings. The number of hydroxylamine groups is 1. The Labute approximate surface area is 166 Å². The predicted molar refractivity (Wildman–Crippen MR) is 107 cm³/mol. The molecule has 2 N–H and O–H groups in total. The number of carbonyl (C=O) groups excluding carboxylic acids is 1. The predicted octanol–water partition coefficient (Wildman–Crippen LogP) is 3.16. The van der Waals surface area contributed by atoms with Crippen LogP contribution in [0.15, 0.2) is 41.3 Å². The molecule has 1 aliphatic rings. The van der Waals surface area contributed by atoms with Crippen molar-refractivity contribution in [3.8, 4) is 0 Å². The lowest BCUT2D eigenvalue weighted by Crippen LogP contribution is -2.36. The maximum Gasteiger partial charge on any atom is 0.274 e. The molecule has 1 heterocycles. The molecule has 3 rings (SSSR count). The Morgan fingerprint density at radius 2 is 1.79 bits per heavy atom. The molecule has 0 saturated carbocycles. The van der Waals surface area contributed by atoms with E-state index < -0.39 is 15.9 Å². The van der Waals surface area contributed by atoms with Gasteiger partial charge in [-0.05, 0) is 65.3 Å². The van der Waals surface area contributed by atoms with Crippen molar-refractivity contribution in [3.63, 3.8) is 0 Å². The van der Waals surface area contributed by atoms with Crippen molar-refractivity contribution in [1.29, 1.82) is 0 Å². The first-order valence-corrected chi connectivity index (χ1v) is 10.7. The van der Waals surface area contributed by atoms with Gasteiger partial charge in [0.1, 0.15) is 0 Å². The lowest BCUT2D eigenvalue weighted by molar-refractivity contribution is 0.0706. The summed E-state index contributed by atoms with van der Waals surface area (Å²) in [6.07, 6.45) is 0.516. The fourth-order valence-electron chi connectivity index (χ4n) is 3.52. The van der Waals surface area contributed by atoms with Gasteiger partial charge in [0.05, 0.1) is 4.90 Å². The van der Waals surface area contributed by atoms with Crippen LogP contribution in [0.5, 0.6) is 0 Å². The molecule has 150 valence electrons. The smallest absolute Gasteiger partial charge is 0.274 e. The third-order valence-electron chi connectivity index (χ3n) is 5.25. The van der Waals surface area contributed by atoms with E-state index in [-0.39, 0.29) is 16.9 Å². The average Bonchev–Trinajstić information content (AvgIpc) is 2.66. The molecular formula is C21H26N2O4S. The molecule has 1 aliphatic heterocycles. The monoisotopic (exact) mass is 402 g/mol. The molecule has 0 saturated heterocycles. The van der Waals surface area contributed by atoms with E-state index in [4.69, 9.17) is 5.21 Å². The number of aryl methyl sites for hydroxylation is 1. The first kappa shape index (κ1) is 20.5. The summed E-state index contributed by atoms with van der Waals surface area (Å²) in [7, 11) is -3.60.